The monoisotopic (exact) mass is 250 g/mol. The zero-order valence-corrected chi connectivity index (χ0v) is 10.2. The summed E-state index contributed by atoms with van der Waals surface area (Å²) in [6.45, 7) is 0. The first-order valence-corrected chi connectivity index (χ1v) is 6.46. The Bertz CT molecular complexity index is 431. The summed E-state index contributed by atoms with van der Waals surface area (Å²) in [5.74, 6) is 1.85. The van der Waals surface area contributed by atoms with E-state index in [0.717, 1.165) is 17.2 Å². The number of nitrogens with zero attached hydrogens (tertiary/aromatic N) is 2. The molecular weight excluding hydrogens is 240 g/mol. The van der Waals surface area contributed by atoms with Crippen LogP contribution in [0.1, 0.15) is 11.3 Å². The van der Waals surface area contributed by atoms with Crippen LogP contribution in [0.25, 0.3) is 0 Å². The van der Waals surface area contributed by atoms with Crippen molar-refractivity contribution in [3.8, 4) is 0 Å². The first-order valence-electron chi connectivity index (χ1n) is 4.93. The lowest BCUT2D eigenvalue weighted by Gasteiger charge is -2.01. The predicted octanol–water partition coefficient (Wildman–Crippen LogP) is 3.56. The predicted molar refractivity (Wildman–Crippen MR) is 68.5 cm³/mol. The fourth-order valence-electron chi connectivity index (χ4n) is 1.26. The summed E-state index contributed by atoms with van der Waals surface area (Å²) in [6.07, 6.45) is 3.31. The molecule has 0 atom stereocenters. The molecule has 2 nitrogen and oxygen atoms in total. The lowest BCUT2D eigenvalue weighted by atomic mass is 10.2. The Labute approximate surface area is 104 Å². The maximum Gasteiger partial charge on any atom is 0.147 e. The summed E-state index contributed by atoms with van der Waals surface area (Å²) in [5.41, 5.74) is 2.29. The van der Waals surface area contributed by atoms with Gasteiger partial charge in [-0.25, -0.2) is 4.98 Å². The molecule has 0 fully saturated rings. The minimum absolute atomic E-state index is 0.441. The van der Waals surface area contributed by atoms with E-state index in [-0.39, 0.29) is 0 Å². The van der Waals surface area contributed by atoms with Crippen LogP contribution in [-0.2, 0) is 11.5 Å². The zero-order valence-electron chi connectivity index (χ0n) is 8.64. The summed E-state index contributed by atoms with van der Waals surface area (Å²) >= 11 is 7.48. The third-order valence-corrected chi connectivity index (χ3v) is 3.27. The molecule has 0 radical (unpaired) electrons. The summed E-state index contributed by atoms with van der Waals surface area (Å²) in [6, 6.07) is 10.4. The van der Waals surface area contributed by atoms with E-state index in [2.05, 4.69) is 34.2 Å². The number of aromatic nitrogens is 2. The van der Waals surface area contributed by atoms with Crippen molar-refractivity contribution in [3.63, 3.8) is 0 Å². The van der Waals surface area contributed by atoms with Crippen molar-refractivity contribution in [3.05, 3.63) is 59.1 Å². The fraction of sp³-hybridized carbons (Fsp3) is 0.167. The van der Waals surface area contributed by atoms with Crippen molar-refractivity contribution in [2.45, 2.75) is 11.5 Å². The van der Waals surface area contributed by atoms with E-state index in [1.165, 1.54) is 5.56 Å². The molecule has 0 aliphatic heterocycles. The van der Waals surface area contributed by atoms with Crippen LogP contribution in [-0.4, -0.2) is 9.97 Å². The summed E-state index contributed by atoms with van der Waals surface area (Å²) in [5, 5.41) is 0.441. The van der Waals surface area contributed by atoms with Crippen LogP contribution < -0.4 is 0 Å². The largest absolute Gasteiger partial charge is 0.256 e. The zero-order chi connectivity index (χ0) is 11.2. The standard InChI is InChI=1S/C12H11ClN2S/c13-12-7-14-11(6-15-12)9-16-8-10-4-2-1-3-5-10/h1-7H,8-9H2. The van der Waals surface area contributed by atoms with Crippen LogP contribution in [0.3, 0.4) is 0 Å². The number of thioether (sulfide) groups is 1. The number of benzene rings is 1. The minimum Gasteiger partial charge on any atom is -0.256 e. The van der Waals surface area contributed by atoms with Gasteiger partial charge < -0.3 is 0 Å². The highest BCUT2D eigenvalue weighted by Gasteiger charge is 1.97. The van der Waals surface area contributed by atoms with Crippen LogP contribution in [0.15, 0.2) is 42.7 Å². The molecule has 0 saturated heterocycles. The Morgan fingerprint density at radius 3 is 2.50 bits per heavy atom. The quantitative estimate of drug-likeness (QED) is 0.830. The Hall–Kier alpha value is -1.06. The van der Waals surface area contributed by atoms with Gasteiger partial charge in [-0.2, -0.15) is 11.8 Å². The molecule has 0 saturated carbocycles. The number of rotatable bonds is 4. The average molecular weight is 251 g/mol. The molecule has 0 bridgehead atoms. The second kappa shape index (κ2) is 5.87. The SMILES string of the molecule is Clc1cnc(CSCc2ccccc2)cn1. The molecule has 4 heteroatoms. The van der Waals surface area contributed by atoms with Gasteiger partial charge in [0, 0.05) is 11.5 Å². The maximum atomic E-state index is 5.66. The normalized spacial score (nSPS) is 10.3. The molecule has 1 heterocycles. The van der Waals surface area contributed by atoms with Gasteiger partial charge in [-0.1, -0.05) is 41.9 Å². The van der Waals surface area contributed by atoms with Crippen molar-refractivity contribution >= 4 is 23.4 Å². The summed E-state index contributed by atoms with van der Waals surface area (Å²) < 4.78 is 0. The van der Waals surface area contributed by atoms with Crippen LogP contribution in [0.2, 0.25) is 5.15 Å². The molecule has 0 aliphatic rings. The highest BCUT2D eigenvalue weighted by Crippen LogP contribution is 2.16. The fourth-order valence-corrected chi connectivity index (χ4v) is 2.25. The van der Waals surface area contributed by atoms with Gasteiger partial charge >= 0.3 is 0 Å². The Balaban J connectivity index is 1.82. The third-order valence-electron chi connectivity index (χ3n) is 2.04. The lowest BCUT2D eigenvalue weighted by Crippen LogP contribution is -1.89. The number of hydrogen-bond donors (Lipinski definition) is 0. The van der Waals surface area contributed by atoms with E-state index in [0.29, 0.717) is 5.15 Å². The maximum absolute atomic E-state index is 5.66. The van der Waals surface area contributed by atoms with Crippen LogP contribution in [0.4, 0.5) is 0 Å². The molecule has 1 aromatic heterocycles. The van der Waals surface area contributed by atoms with E-state index in [1.54, 1.807) is 12.4 Å². The van der Waals surface area contributed by atoms with Crippen molar-refractivity contribution < 1.29 is 0 Å². The van der Waals surface area contributed by atoms with Crippen molar-refractivity contribution in [1.82, 2.24) is 9.97 Å². The van der Waals surface area contributed by atoms with Gasteiger partial charge in [-0.15, -0.1) is 0 Å². The molecule has 0 N–H and O–H groups in total. The summed E-state index contributed by atoms with van der Waals surface area (Å²) in [7, 11) is 0. The van der Waals surface area contributed by atoms with Gasteiger partial charge in [0.2, 0.25) is 0 Å². The molecule has 16 heavy (non-hydrogen) atoms. The van der Waals surface area contributed by atoms with Gasteiger partial charge in [0.15, 0.2) is 0 Å². The second-order valence-electron chi connectivity index (χ2n) is 3.31. The third kappa shape index (κ3) is 3.51. The van der Waals surface area contributed by atoms with Gasteiger partial charge in [-0.05, 0) is 5.56 Å². The highest BCUT2D eigenvalue weighted by atomic mass is 35.5. The minimum atomic E-state index is 0.441. The molecular formula is C12H11ClN2S. The van der Waals surface area contributed by atoms with Crippen molar-refractivity contribution in [2.24, 2.45) is 0 Å². The van der Waals surface area contributed by atoms with Crippen molar-refractivity contribution in [1.29, 1.82) is 0 Å². The number of hydrogen-bond acceptors (Lipinski definition) is 3. The van der Waals surface area contributed by atoms with Crippen molar-refractivity contribution in [2.75, 3.05) is 0 Å². The molecule has 0 unspecified atom stereocenters. The molecule has 1 aromatic carbocycles. The number of halogens is 1. The molecule has 0 amide bonds. The van der Waals surface area contributed by atoms with E-state index >= 15 is 0 Å². The molecule has 2 aromatic rings. The van der Waals surface area contributed by atoms with Gasteiger partial charge in [-0.3, -0.25) is 4.98 Å². The molecule has 82 valence electrons. The van der Waals surface area contributed by atoms with Crippen LogP contribution in [0.5, 0.6) is 0 Å². The van der Waals surface area contributed by atoms with E-state index in [4.69, 9.17) is 11.6 Å². The molecule has 0 spiro atoms. The molecule has 0 aliphatic carbocycles. The van der Waals surface area contributed by atoms with Crippen LogP contribution in [0, 0.1) is 0 Å². The van der Waals surface area contributed by atoms with E-state index in [9.17, 15) is 0 Å². The van der Waals surface area contributed by atoms with Crippen LogP contribution >= 0.6 is 23.4 Å². The first-order chi connectivity index (χ1) is 7.84. The van der Waals surface area contributed by atoms with E-state index < -0.39 is 0 Å². The topological polar surface area (TPSA) is 25.8 Å². The Morgan fingerprint density at radius 2 is 1.81 bits per heavy atom. The highest BCUT2D eigenvalue weighted by molar-refractivity contribution is 7.97. The van der Waals surface area contributed by atoms with Gasteiger partial charge in [0.1, 0.15) is 5.15 Å². The van der Waals surface area contributed by atoms with E-state index in [1.807, 2.05) is 17.8 Å². The van der Waals surface area contributed by atoms with Gasteiger partial charge in [0.05, 0.1) is 18.1 Å². The molecule has 2 rings (SSSR count). The summed E-state index contributed by atoms with van der Waals surface area (Å²) in [4.78, 5) is 8.19. The average Bonchev–Trinajstić information content (AvgIpc) is 2.33. The Morgan fingerprint density at radius 1 is 1.00 bits per heavy atom. The first kappa shape index (κ1) is 11.4. The van der Waals surface area contributed by atoms with Gasteiger partial charge in [0.25, 0.3) is 0 Å². The second-order valence-corrected chi connectivity index (χ2v) is 4.68. The smallest absolute Gasteiger partial charge is 0.147 e. The lowest BCUT2D eigenvalue weighted by molar-refractivity contribution is 1.10. The Kier molecular flexibility index (Phi) is 4.19.